The minimum atomic E-state index is 0.468. The summed E-state index contributed by atoms with van der Waals surface area (Å²) >= 11 is 5.95. The van der Waals surface area contributed by atoms with Gasteiger partial charge in [0.05, 0.1) is 7.05 Å². The highest BCUT2D eigenvalue weighted by molar-refractivity contribution is 6.30. The summed E-state index contributed by atoms with van der Waals surface area (Å²) in [6, 6.07) is 8.80. The number of rotatable bonds is 7. The van der Waals surface area contributed by atoms with Gasteiger partial charge in [0.2, 0.25) is 0 Å². The van der Waals surface area contributed by atoms with Gasteiger partial charge in [-0.2, -0.15) is 4.80 Å². The van der Waals surface area contributed by atoms with Crippen molar-refractivity contribution >= 4 is 11.6 Å². The van der Waals surface area contributed by atoms with Crippen LogP contribution in [0.3, 0.4) is 0 Å². The van der Waals surface area contributed by atoms with Crippen molar-refractivity contribution in [3.05, 3.63) is 40.7 Å². The summed E-state index contributed by atoms with van der Waals surface area (Å²) < 4.78 is 0. The highest BCUT2D eigenvalue weighted by Crippen LogP contribution is 2.20. The Bertz CT molecular complexity index is 576. The summed E-state index contributed by atoms with van der Waals surface area (Å²) in [5, 5.41) is 16.7. The van der Waals surface area contributed by atoms with Gasteiger partial charge in [-0.1, -0.05) is 23.7 Å². The first-order valence-corrected chi connectivity index (χ1v) is 7.77. The zero-order valence-electron chi connectivity index (χ0n) is 12.2. The van der Waals surface area contributed by atoms with E-state index in [-0.39, 0.29) is 0 Å². The number of aryl methyl sites for hydroxylation is 1. The molecule has 5 nitrogen and oxygen atoms in total. The van der Waals surface area contributed by atoms with Crippen molar-refractivity contribution in [1.29, 1.82) is 0 Å². The van der Waals surface area contributed by atoms with Gasteiger partial charge in [0.1, 0.15) is 0 Å². The van der Waals surface area contributed by atoms with Crippen LogP contribution in [-0.4, -0.2) is 32.8 Å². The lowest BCUT2D eigenvalue weighted by Gasteiger charge is -2.16. The molecular formula is C15H20ClN5. The van der Waals surface area contributed by atoms with Crippen molar-refractivity contribution in [3.8, 4) is 0 Å². The van der Waals surface area contributed by atoms with Crippen LogP contribution in [0.25, 0.3) is 0 Å². The Morgan fingerprint density at radius 1 is 1.29 bits per heavy atom. The molecule has 0 spiro atoms. The lowest BCUT2D eigenvalue weighted by Crippen LogP contribution is -2.27. The molecule has 112 valence electrons. The van der Waals surface area contributed by atoms with Gasteiger partial charge in [0.15, 0.2) is 5.82 Å². The summed E-state index contributed by atoms with van der Waals surface area (Å²) in [4.78, 5) is 1.52. The highest BCUT2D eigenvalue weighted by Gasteiger charge is 2.22. The molecule has 1 N–H and O–H groups in total. The Morgan fingerprint density at radius 3 is 2.67 bits per heavy atom. The second-order valence-corrected chi connectivity index (χ2v) is 6.21. The maximum absolute atomic E-state index is 5.95. The van der Waals surface area contributed by atoms with Gasteiger partial charge in [0.25, 0.3) is 0 Å². The van der Waals surface area contributed by atoms with Crippen LogP contribution in [0, 0.1) is 5.92 Å². The molecule has 2 aromatic rings. The van der Waals surface area contributed by atoms with Gasteiger partial charge >= 0.3 is 0 Å². The third-order valence-electron chi connectivity index (χ3n) is 3.73. The van der Waals surface area contributed by atoms with Crippen LogP contribution in [0.4, 0.5) is 0 Å². The molecule has 1 atom stereocenters. The molecule has 1 aliphatic carbocycles. The fourth-order valence-electron chi connectivity index (χ4n) is 2.45. The first-order chi connectivity index (χ1) is 10.2. The van der Waals surface area contributed by atoms with Gasteiger partial charge in [-0.3, -0.25) is 0 Å². The molecular weight excluding hydrogens is 286 g/mol. The van der Waals surface area contributed by atoms with E-state index in [4.69, 9.17) is 11.6 Å². The van der Waals surface area contributed by atoms with Gasteiger partial charge in [0, 0.05) is 17.5 Å². The predicted octanol–water partition coefficient (Wildman–Crippen LogP) is 2.02. The number of aromatic nitrogens is 4. The first-order valence-electron chi connectivity index (χ1n) is 7.40. The number of benzene rings is 1. The fourth-order valence-corrected chi connectivity index (χ4v) is 2.58. The van der Waals surface area contributed by atoms with Crippen molar-refractivity contribution in [2.45, 2.75) is 31.7 Å². The molecule has 0 amide bonds. The topological polar surface area (TPSA) is 55.6 Å². The van der Waals surface area contributed by atoms with Crippen LogP contribution in [0.15, 0.2) is 24.3 Å². The second kappa shape index (κ2) is 6.54. The Labute approximate surface area is 129 Å². The molecule has 0 aliphatic heterocycles. The number of hydrogen-bond donors (Lipinski definition) is 1. The van der Waals surface area contributed by atoms with Crippen molar-refractivity contribution in [1.82, 2.24) is 25.5 Å². The smallest absolute Gasteiger partial charge is 0.175 e. The number of halogens is 1. The quantitative estimate of drug-likeness (QED) is 0.850. The summed E-state index contributed by atoms with van der Waals surface area (Å²) in [6.45, 7) is 0.992. The van der Waals surface area contributed by atoms with Gasteiger partial charge in [-0.25, -0.2) is 0 Å². The fraction of sp³-hybridized carbons (Fsp3) is 0.533. The summed E-state index contributed by atoms with van der Waals surface area (Å²) in [5.41, 5.74) is 1.30. The van der Waals surface area contributed by atoms with Gasteiger partial charge in [-0.15, -0.1) is 10.2 Å². The Kier molecular flexibility index (Phi) is 4.51. The normalized spacial score (nSPS) is 16.1. The molecule has 21 heavy (non-hydrogen) atoms. The predicted molar refractivity (Wildman–Crippen MR) is 82.2 cm³/mol. The van der Waals surface area contributed by atoms with Crippen LogP contribution in [0.2, 0.25) is 5.02 Å². The average Bonchev–Trinajstić information content (AvgIpc) is 3.21. The Morgan fingerprint density at radius 2 is 2.05 bits per heavy atom. The van der Waals surface area contributed by atoms with Crippen molar-refractivity contribution in [3.63, 3.8) is 0 Å². The van der Waals surface area contributed by atoms with Gasteiger partial charge < -0.3 is 5.32 Å². The van der Waals surface area contributed by atoms with E-state index in [0.29, 0.717) is 12.0 Å². The SMILES string of the molecule is Cn1nnc(CC(CNC2CC2)Cc2ccc(Cl)cc2)n1. The molecule has 1 fully saturated rings. The molecule has 1 heterocycles. The van der Waals surface area contributed by atoms with E-state index in [1.54, 1.807) is 7.05 Å². The Hall–Kier alpha value is -1.46. The van der Waals surface area contributed by atoms with Crippen molar-refractivity contribution in [2.24, 2.45) is 13.0 Å². The summed E-state index contributed by atoms with van der Waals surface area (Å²) in [5.74, 6) is 1.28. The van der Waals surface area contributed by atoms with Crippen molar-refractivity contribution < 1.29 is 0 Å². The highest BCUT2D eigenvalue weighted by atomic mass is 35.5. The molecule has 1 aliphatic rings. The maximum atomic E-state index is 5.95. The average molecular weight is 306 g/mol. The van der Waals surface area contributed by atoms with Crippen LogP contribution in [-0.2, 0) is 19.9 Å². The first kappa shape index (κ1) is 14.5. The van der Waals surface area contributed by atoms with E-state index in [0.717, 1.165) is 30.2 Å². The van der Waals surface area contributed by atoms with Crippen LogP contribution in [0.1, 0.15) is 24.2 Å². The molecule has 1 saturated carbocycles. The molecule has 0 bridgehead atoms. The number of tetrazole rings is 1. The third kappa shape index (κ3) is 4.51. The molecule has 0 saturated heterocycles. The van der Waals surface area contributed by atoms with Crippen molar-refractivity contribution in [2.75, 3.05) is 6.54 Å². The van der Waals surface area contributed by atoms with Crippen LogP contribution >= 0.6 is 11.6 Å². The van der Waals surface area contributed by atoms with E-state index in [1.165, 1.54) is 23.2 Å². The zero-order chi connectivity index (χ0) is 14.7. The van der Waals surface area contributed by atoms with Crippen LogP contribution < -0.4 is 5.32 Å². The lowest BCUT2D eigenvalue weighted by atomic mass is 9.95. The monoisotopic (exact) mass is 305 g/mol. The molecule has 0 radical (unpaired) electrons. The molecule has 1 aromatic carbocycles. The molecule has 1 aromatic heterocycles. The number of hydrogen-bond acceptors (Lipinski definition) is 4. The van der Waals surface area contributed by atoms with E-state index in [9.17, 15) is 0 Å². The second-order valence-electron chi connectivity index (χ2n) is 5.78. The molecule has 1 unspecified atom stereocenters. The minimum absolute atomic E-state index is 0.468. The standard InChI is InChI=1S/C15H20ClN5/c1-21-19-15(18-20-21)9-12(10-17-14-6-7-14)8-11-2-4-13(16)5-3-11/h2-5,12,14,17H,6-10H2,1H3. The van der Waals surface area contributed by atoms with E-state index < -0.39 is 0 Å². The Balaban J connectivity index is 1.63. The maximum Gasteiger partial charge on any atom is 0.175 e. The third-order valence-corrected chi connectivity index (χ3v) is 3.98. The largest absolute Gasteiger partial charge is 0.314 e. The number of nitrogens with zero attached hydrogens (tertiary/aromatic N) is 4. The lowest BCUT2D eigenvalue weighted by molar-refractivity contribution is 0.459. The van der Waals surface area contributed by atoms with Gasteiger partial charge in [-0.05, 0) is 54.6 Å². The van der Waals surface area contributed by atoms with Crippen LogP contribution in [0.5, 0.6) is 0 Å². The molecule has 6 heteroatoms. The van der Waals surface area contributed by atoms with E-state index in [2.05, 4.69) is 32.9 Å². The summed E-state index contributed by atoms with van der Waals surface area (Å²) in [6.07, 6.45) is 4.44. The van der Waals surface area contributed by atoms with E-state index >= 15 is 0 Å². The number of nitrogens with one attached hydrogen (secondary N) is 1. The summed E-state index contributed by atoms with van der Waals surface area (Å²) in [7, 11) is 1.80. The molecule has 3 rings (SSSR count). The van der Waals surface area contributed by atoms with E-state index in [1.807, 2.05) is 12.1 Å². The minimum Gasteiger partial charge on any atom is -0.314 e. The zero-order valence-corrected chi connectivity index (χ0v) is 12.9.